The van der Waals surface area contributed by atoms with Gasteiger partial charge in [-0.05, 0) is 39.8 Å². The van der Waals surface area contributed by atoms with Crippen molar-refractivity contribution in [1.82, 2.24) is 14.9 Å². The van der Waals surface area contributed by atoms with Gasteiger partial charge in [-0.2, -0.15) is 0 Å². The lowest BCUT2D eigenvalue weighted by molar-refractivity contribution is 0.266. The van der Waals surface area contributed by atoms with E-state index in [0.29, 0.717) is 17.9 Å². The Morgan fingerprint density at radius 1 is 1.29 bits per heavy atom. The highest BCUT2D eigenvalue weighted by molar-refractivity contribution is 5.51. The van der Waals surface area contributed by atoms with Gasteiger partial charge in [0.25, 0.3) is 0 Å². The van der Waals surface area contributed by atoms with Crippen LogP contribution in [0.4, 0.5) is 11.6 Å². The molecule has 0 aromatic carbocycles. The lowest BCUT2D eigenvalue weighted by atomic mass is 10.1. The molecule has 0 spiro atoms. The van der Waals surface area contributed by atoms with E-state index in [1.54, 1.807) is 0 Å². The standard InChI is InChI=1S/C16H27N5/c1-5-17-14-8-15(19-16(18-14)12-6-7-12)21-9-11(2)13(10-21)20(3)4/h8,11-13H,5-7,9-10H2,1-4H3,(H,17,18,19). The van der Waals surface area contributed by atoms with Gasteiger partial charge < -0.3 is 15.1 Å². The van der Waals surface area contributed by atoms with Crippen LogP contribution in [-0.4, -0.2) is 54.6 Å². The van der Waals surface area contributed by atoms with Gasteiger partial charge in [0.2, 0.25) is 0 Å². The predicted octanol–water partition coefficient (Wildman–Crippen LogP) is 2.17. The SMILES string of the molecule is CCNc1cc(N2CC(C)C(N(C)C)C2)nc(C2CC2)n1. The molecule has 1 aromatic heterocycles. The van der Waals surface area contributed by atoms with Crippen LogP contribution in [0.3, 0.4) is 0 Å². The molecule has 1 aromatic rings. The van der Waals surface area contributed by atoms with Gasteiger partial charge in [-0.15, -0.1) is 0 Å². The van der Waals surface area contributed by atoms with Crippen LogP contribution >= 0.6 is 0 Å². The van der Waals surface area contributed by atoms with E-state index < -0.39 is 0 Å². The summed E-state index contributed by atoms with van der Waals surface area (Å²) in [6.45, 7) is 7.48. The fourth-order valence-corrected chi connectivity index (χ4v) is 3.22. The Morgan fingerprint density at radius 2 is 2.05 bits per heavy atom. The molecule has 0 bridgehead atoms. The van der Waals surface area contributed by atoms with Crippen molar-refractivity contribution < 1.29 is 0 Å². The Bertz CT molecular complexity index is 497. The minimum Gasteiger partial charge on any atom is -0.370 e. The average molecular weight is 289 g/mol. The maximum absolute atomic E-state index is 4.84. The molecule has 0 amide bonds. The van der Waals surface area contributed by atoms with Crippen LogP contribution in [0.15, 0.2) is 6.07 Å². The van der Waals surface area contributed by atoms with E-state index in [2.05, 4.69) is 54.1 Å². The Morgan fingerprint density at radius 3 is 2.62 bits per heavy atom. The van der Waals surface area contributed by atoms with Crippen LogP contribution in [0.2, 0.25) is 0 Å². The second-order valence-electron chi connectivity index (χ2n) is 6.69. The van der Waals surface area contributed by atoms with Crippen molar-refractivity contribution in [1.29, 1.82) is 0 Å². The molecule has 2 heterocycles. The first kappa shape index (κ1) is 14.6. The number of hydrogen-bond donors (Lipinski definition) is 1. The monoisotopic (exact) mass is 289 g/mol. The summed E-state index contributed by atoms with van der Waals surface area (Å²) in [4.78, 5) is 14.3. The van der Waals surface area contributed by atoms with Crippen molar-refractivity contribution in [2.45, 2.75) is 38.6 Å². The zero-order chi connectivity index (χ0) is 15.0. The van der Waals surface area contributed by atoms with Crippen molar-refractivity contribution in [2.24, 2.45) is 5.92 Å². The maximum Gasteiger partial charge on any atom is 0.136 e. The maximum atomic E-state index is 4.84. The lowest BCUT2D eigenvalue weighted by Gasteiger charge is -2.23. The van der Waals surface area contributed by atoms with Crippen molar-refractivity contribution in [3.63, 3.8) is 0 Å². The van der Waals surface area contributed by atoms with Gasteiger partial charge in [0.15, 0.2) is 0 Å². The number of aromatic nitrogens is 2. The summed E-state index contributed by atoms with van der Waals surface area (Å²) in [5.41, 5.74) is 0. The average Bonchev–Trinajstić information content (AvgIpc) is 3.21. The molecule has 2 unspecified atom stereocenters. The van der Waals surface area contributed by atoms with E-state index in [-0.39, 0.29) is 0 Å². The number of likely N-dealkylation sites (N-methyl/N-ethyl adjacent to an activating group) is 1. The van der Waals surface area contributed by atoms with E-state index in [0.717, 1.165) is 37.1 Å². The van der Waals surface area contributed by atoms with Gasteiger partial charge in [-0.1, -0.05) is 6.92 Å². The van der Waals surface area contributed by atoms with E-state index in [4.69, 9.17) is 4.98 Å². The first-order valence-electron chi connectivity index (χ1n) is 8.12. The van der Waals surface area contributed by atoms with Gasteiger partial charge in [-0.25, -0.2) is 9.97 Å². The van der Waals surface area contributed by atoms with E-state index in [1.807, 2.05) is 0 Å². The molecule has 2 aliphatic rings. The van der Waals surface area contributed by atoms with Crippen molar-refractivity contribution >= 4 is 11.6 Å². The first-order chi connectivity index (χ1) is 10.1. The molecule has 2 atom stereocenters. The molecule has 116 valence electrons. The zero-order valence-electron chi connectivity index (χ0n) is 13.6. The summed E-state index contributed by atoms with van der Waals surface area (Å²) >= 11 is 0. The van der Waals surface area contributed by atoms with E-state index >= 15 is 0 Å². The first-order valence-corrected chi connectivity index (χ1v) is 8.12. The Hall–Kier alpha value is -1.36. The van der Waals surface area contributed by atoms with Crippen LogP contribution in [0.25, 0.3) is 0 Å². The number of hydrogen-bond acceptors (Lipinski definition) is 5. The van der Waals surface area contributed by atoms with Crippen LogP contribution in [0.1, 0.15) is 38.4 Å². The molecule has 2 fully saturated rings. The highest BCUT2D eigenvalue weighted by atomic mass is 15.3. The van der Waals surface area contributed by atoms with Gasteiger partial charge in [0.1, 0.15) is 17.5 Å². The predicted molar refractivity (Wildman–Crippen MR) is 87.0 cm³/mol. The minimum atomic E-state index is 0.590. The normalized spacial score (nSPS) is 25.7. The lowest BCUT2D eigenvalue weighted by Crippen LogP contribution is -2.34. The summed E-state index contributed by atoms with van der Waals surface area (Å²) < 4.78 is 0. The van der Waals surface area contributed by atoms with Crippen molar-refractivity contribution in [3.8, 4) is 0 Å². The number of nitrogens with one attached hydrogen (secondary N) is 1. The Balaban J connectivity index is 1.84. The molecule has 1 saturated carbocycles. The summed E-state index contributed by atoms with van der Waals surface area (Å²) in [5.74, 6) is 4.36. The van der Waals surface area contributed by atoms with Crippen LogP contribution in [-0.2, 0) is 0 Å². The van der Waals surface area contributed by atoms with Gasteiger partial charge in [0.05, 0.1) is 0 Å². The second kappa shape index (κ2) is 5.79. The van der Waals surface area contributed by atoms with Crippen LogP contribution < -0.4 is 10.2 Å². The molecule has 1 N–H and O–H groups in total. The topological polar surface area (TPSA) is 44.3 Å². The molecule has 5 nitrogen and oxygen atoms in total. The zero-order valence-corrected chi connectivity index (χ0v) is 13.6. The van der Waals surface area contributed by atoms with Crippen molar-refractivity contribution in [3.05, 3.63) is 11.9 Å². The largest absolute Gasteiger partial charge is 0.370 e. The van der Waals surface area contributed by atoms with Gasteiger partial charge in [-0.3, -0.25) is 0 Å². The summed E-state index contributed by atoms with van der Waals surface area (Å²) in [6.07, 6.45) is 2.48. The third kappa shape index (κ3) is 3.12. The molecule has 1 saturated heterocycles. The fraction of sp³-hybridized carbons (Fsp3) is 0.750. The highest BCUT2D eigenvalue weighted by Gasteiger charge is 2.33. The quantitative estimate of drug-likeness (QED) is 0.900. The fourth-order valence-electron chi connectivity index (χ4n) is 3.22. The Kier molecular flexibility index (Phi) is 4.02. The summed E-state index contributed by atoms with van der Waals surface area (Å²) in [6, 6.07) is 2.71. The number of anilines is 2. The highest BCUT2D eigenvalue weighted by Crippen LogP contribution is 2.39. The number of nitrogens with zero attached hydrogens (tertiary/aromatic N) is 4. The van der Waals surface area contributed by atoms with E-state index in [9.17, 15) is 0 Å². The van der Waals surface area contributed by atoms with Gasteiger partial charge >= 0.3 is 0 Å². The van der Waals surface area contributed by atoms with Crippen LogP contribution in [0, 0.1) is 5.92 Å². The Labute approximate surface area is 127 Å². The minimum absolute atomic E-state index is 0.590. The number of rotatable bonds is 5. The third-order valence-corrected chi connectivity index (χ3v) is 4.59. The third-order valence-electron chi connectivity index (χ3n) is 4.59. The van der Waals surface area contributed by atoms with Crippen LogP contribution in [0.5, 0.6) is 0 Å². The van der Waals surface area contributed by atoms with E-state index in [1.165, 1.54) is 12.8 Å². The smallest absolute Gasteiger partial charge is 0.136 e. The molecule has 21 heavy (non-hydrogen) atoms. The molecule has 0 radical (unpaired) electrons. The van der Waals surface area contributed by atoms with Gasteiger partial charge in [0, 0.05) is 37.7 Å². The summed E-state index contributed by atoms with van der Waals surface area (Å²) in [5, 5.41) is 3.35. The molecular formula is C16H27N5. The molecule has 3 rings (SSSR count). The summed E-state index contributed by atoms with van der Waals surface area (Å²) in [7, 11) is 4.34. The molecule has 5 heteroatoms. The molecule has 1 aliphatic carbocycles. The molecular weight excluding hydrogens is 262 g/mol. The molecule has 1 aliphatic heterocycles. The van der Waals surface area contributed by atoms with Crippen molar-refractivity contribution in [2.75, 3.05) is 43.9 Å². The second-order valence-corrected chi connectivity index (χ2v) is 6.69.